The van der Waals surface area contributed by atoms with Crippen molar-refractivity contribution in [2.24, 2.45) is 5.73 Å². The molecule has 1 heterocycles. The lowest BCUT2D eigenvalue weighted by atomic mass is 10.2. The Morgan fingerprint density at radius 3 is 2.37 bits per heavy atom. The fourth-order valence-electron chi connectivity index (χ4n) is 2.89. The van der Waals surface area contributed by atoms with Crippen molar-refractivity contribution < 1.29 is 18.0 Å². The van der Waals surface area contributed by atoms with Crippen LogP contribution in [-0.2, 0) is 16.6 Å². The molecule has 3 rings (SSSR count). The maximum absolute atomic E-state index is 12.6. The maximum atomic E-state index is 12.6. The molecule has 3 aromatic rings. The summed E-state index contributed by atoms with van der Waals surface area (Å²) in [5.74, 6) is -0.771. The molecule has 0 saturated heterocycles. The lowest BCUT2D eigenvalue weighted by molar-refractivity contribution is 0.0980. The first-order chi connectivity index (χ1) is 14.2. The number of nitrogens with two attached hydrogens (primary N) is 1. The van der Waals surface area contributed by atoms with Gasteiger partial charge in [-0.05, 0) is 43.2 Å². The molecule has 1 aromatic heterocycles. The summed E-state index contributed by atoms with van der Waals surface area (Å²) in [6.07, 6.45) is 1.34. The Bertz CT molecular complexity index is 1200. The molecular formula is C20H21N5O4S. The number of nitrogens with one attached hydrogen (secondary N) is 2. The molecule has 0 radical (unpaired) electrons. The lowest BCUT2D eigenvalue weighted by Crippen LogP contribution is -2.31. The number of aryl methyl sites for hydroxylation is 1. The minimum absolute atomic E-state index is 0.0809. The summed E-state index contributed by atoms with van der Waals surface area (Å²) >= 11 is 0. The summed E-state index contributed by atoms with van der Waals surface area (Å²) in [4.78, 5) is 23.3. The Morgan fingerprint density at radius 2 is 1.73 bits per heavy atom. The van der Waals surface area contributed by atoms with Gasteiger partial charge < -0.3 is 11.1 Å². The van der Waals surface area contributed by atoms with Gasteiger partial charge >= 0.3 is 6.03 Å². The quantitative estimate of drug-likeness (QED) is 0.551. The number of primary amides is 1. The van der Waals surface area contributed by atoms with Crippen LogP contribution in [0.25, 0.3) is 5.69 Å². The first-order valence-electron chi connectivity index (χ1n) is 8.99. The molecular weight excluding hydrogens is 406 g/mol. The van der Waals surface area contributed by atoms with Crippen LogP contribution >= 0.6 is 0 Å². The summed E-state index contributed by atoms with van der Waals surface area (Å²) in [5.41, 5.74) is 8.11. The molecule has 0 saturated carbocycles. The van der Waals surface area contributed by atoms with Crippen molar-refractivity contribution in [1.29, 1.82) is 0 Å². The van der Waals surface area contributed by atoms with Crippen molar-refractivity contribution in [3.63, 3.8) is 0 Å². The van der Waals surface area contributed by atoms with Crippen molar-refractivity contribution in [2.75, 3.05) is 0 Å². The molecule has 0 fully saturated rings. The minimum atomic E-state index is -4.08. The van der Waals surface area contributed by atoms with Gasteiger partial charge in [0, 0.05) is 6.54 Å². The number of aromatic nitrogens is 2. The Labute approximate surface area is 174 Å². The van der Waals surface area contributed by atoms with Gasteiger partial charge in [-0.15, -0.1) is 0 Å². The maximum Gasteiger partial charge on any atom is 0.312 e. The largest absolute Gasteiger partial charge is 0.352 e. The first kappa shape index (κ1) is 21.1. The second-order valence-corrected chi connectivity index (χ2v) is 8.32. The molecule has 3 amide bonds. The second kappa shape index (κ2) is 8.37. The number of carbonyl (C=O) groups is 2. The number of carbonyl (C=O) groups excluding carboxylic acids is 2. The van der Waals surface area contributed by atoms with Gasteiger partial charge in [0.05, 0.1) is 28.0 Å². The van der Waals surface area contributed by atoms with Crippen LogP contribution < -0.4 is 15.8 Å². The van der Waals surface area contributed by atoms with E-state index in [-0.39, 0.29) is 17.0 Å². The number of benzene rings is 2. The average molecular weight is 427 g/mol. The van der Waals surface area contributed by atoms with Crippen molar-refractivity contribution in [3.05, 3.63) is 77.1 Å². The zero-order chi connectivity index (χ0) is 21.9. The molecule has 0 aliphatic carbocycles. The molecule has 30 heavy (non-hydrogen) atoms. The van der Waals surface area contributed by atoms with Gasteiger partial charge in [-0.3, -0.25) is 4.79 Å². The van der Waals surface area contributed by atoms with E-state index in [0.29, 0.717) is 11.3 Å². The highest BCUT2D eigenvalue weighted by Crippen LogP contribution is 2.18. The van der Waals surface area contributed by atoms with Crippen LogP contribution in [0, 0.1) is 13.8 Å². The van der Waals surface area contributed by atoms with E-state index in [0.717, 1.165) is 11.3 Å². The average Bonchev–Trinajstić information content (AvgIpc) is 3.08. The predicted octanol–water partition coefficient (Wildman–Crippen LogP) is 1.78. The Morgan fingerprint density at radius 1 is 1.07 bits per heavy atom. The number of para-hydroxylation sites is 1. The van der Waals surface area contributed by atoms with E-state index in [1.807, 2.05) is 31.2 Å². The number of sulfonamides is 1. The summed E-state index contributed by atoms with van der Waals surface area (Å²) in [7, 11) is -4.08. The Hall–Kier alpha value is -3.66. The fourth-order valence-corrected chi connectivity index (χ4v) is 3.85. The van der Waals surface area contributed by atoms with Gasteiger partial charge in [0.15, 0.2) is 0 Å². The molecule has 9 nitrogen and oxygen atoms in total. The van der Waals surface area contributed by atoms with Crippen LogP contribution in [0.2, 0.25) is 0 Å². The van der Waals surface area contributed by atoms with Crippen LogP contribution in [0.3, 0.4) is 0 Å². The van der Waals surface area contributed by atoms with E-state index in [1.165, 1.54) is 30.5 Å². The van der Waals surface area contributed by atoms with Crippen LogP contribution in [0.15, 0.2) is 59.6 Å². The molecule has 0 aliphatic rings. The van der Waals surface area contributed by atoms with E-state index < -0.39 is 22.0 Å². The van der Waals surface area contributed by atoms with Gasteiger partial charge in [0.1, 0.15) is 0 Å². The number of rotatable bonds is 6. The Kier molecular flexibility index (Phi) is 5.88. The summed E-state index contributed by atoms with van der Waals surface area (Å²) in [6, 6.07) is 12.6. The van der Waals surface area contributed by atoms with Crippen LogP contribution in [0.1, 0.15) is 27.2 Å². The third-order valence-corrected chi connectivity index (χ3v) is 5.87. The summed E-state index contributed by atoms with van der Waals surface area (Å²) < 4.78 is 28.8. The van der Waals surface area contributed by atoms with E-state index in [4.69, 9.17) is 5.73 Å². The number of amides is 3. The van der Waals surface area contributed by atoms with E-state index in [1.54, 1.807) is 11.6 Å². The monoisotopic (exact) mass is 427 g/mol. The SMILES string of the molecule is Cc1ccccc1-n1ncc(C(=O)NS(=O)(=O)c2ccc(CNC(N)=O)cc2)c1C. The number of hydrogen-bond acceptors (Lipinski definition) is 5. The van der Waals surface area contributed by atoms with Gasteiger partial charge in [-0.1, -0.05) is 30.3 Å². The highest BCUT2D eigenvalue weighted by atomic mass is 32.2. The highest BCUT2D eigenvalue weighted by Gasteiger charge is 2.22. The first-order valence-corrected chi connectivity index (χ1v) is 10.5. The van der Waals surface area contributed by atoms with Crippen molar-refractivity contribution in [1.82, 2.24) is 19.8 Å². The predicted molar refractivity (Wildman–Crippen MR) is 111 cm³/mol. The summed E-state index contributed by atoms with van der Waals surface area (Å²) in [5, 5.41) is 6.64. The molecule has 4 N–H and O–H groups in total. The van der Waals surface area contributed by atoms with Crippen LogP contribution in [0.5, 0.6) is 0 Å². The van der Waals surface area contributed by atoms with Crippen molar-refractivity contribution in [3.8, 4) is 5.69 Å². The van der Waals surface area contributed by atoms with Crippen LogP contribution in [0.4, 0.5) is 4.79 Å². The zero-order valence-corrected chi connectivity index (χ0v) is 17.2. The topological polar surface area (TPSA) is 136 Å². The molecule has 10 heteroatoms. The van der Waals surface area contributed by atoms with Gasteiger partial charge in [0.25, 0.3) is 15.9 Å². The Balaban J connectivity index is 1.79. The van der Waals surface area contributed by atoms with Gasteiger partial charge in [-0.2, -0.15) is 5.10 Å². The zero-order valence-electron chi connectivity index (χ0n) is 16.4. The number of urea groups is 1. The molecule has 0 aliphatic heterocycles. The number of nitrogens with zero attached hydrogens (tertiary/aromatic N) is 2. The van der Waals surface area contributed by atoms with E-state index in [2.05, 4.69) is 15.1 Å². The van der Waals surface area contributed by atoms with Crippen LogP contribution in [-0.4, -0.2) is 30.1 Å². The smallest absolute Gasteiger partial charge is 0.312 e. The standard InChI is InChI=1S/C20H21N5O4S/c1-13-5-3-4-6-18(13)25-14(2)17(12-23-25)19(26)24-30(28,29)16-9-7-15(8-10-16)11-22-20(21)27/h3-10,12H,11H2,1-2H3,(H,24,26)(H3,21,22,27). The fraction of sp³-hybridized carbons (Fsp3) is 0.150. The lowest BCUT2D eigenvalue weighted by Gasteiger charge is -2.10. The van der Waals surface area contributed by atoms with E-state index in [9.17, 15) is 18.0 Å². The number of hydrogen-bond donors (Lipinski definition) is 3. The summed E-state index contributed by atoms with van der Waals surface area (Å²) in [6.45, 7) is 3.78. The minimum Gasteiger partial charge on any atom is -0.352 e. The van der Waals surface area contributed by atoms with Crippen molar-refractivity contribution in [2.45, 2.75) is 25.3 Å². The molecule has 0 atom stereocenters. The normalized spacial score (nSPS) is 11.1. The van der Waals surface area contributed by atoms with Gasteiger partial charge in [-0.25, -0.2) is 22.6 Å². The molecule has 156 valence electrons. The highest BCUT2D eigenvalue weighted by molar-refractivity contribution is 7.90. The molecule has 0 unspecified atom stereocenters. The van der Waals surface area contributed by atoms with Gasteiger partial charge in [0.2, 0.25) is 0 Å². The molecule has 2 aromatic carbocycles. The molecule has 0 bridgehead atoms. The van der Waals surface area contributed by atoms with Crippen molar-refractivity contribution >= 4 is 22.0 Å². The third kappa shape index (κ3) is 4.49. The molecule has 0 spiro atoms. The van der Waals surface area contributed by atoms with E-state index >= 15 is 0 Å². The third-order valence-electron chi connectivity index (χ3n) is 4.53. The second-order valence-electron chi connectivity index (χ2n) is 6.64.